The number of rotatable bonds is 0. The lowest BCUT2D eigenvalue weighted by Crippen LogP contribution is -1.82. The van der Waals surface area contributed by atoms with Crippen molar-refractivity contribution in [3.05, 3.63) is 60.0 Å². The summed E-state index contributed by atoms with van der Waals surface area (Å²) in [6.45, 7) is 0. The van der Waals surface area contributed by atoms with Crippen molar-refractivity contribution >= 4 is 53.7 Å². The van der Waals surface area contributed by atoms with Gasteiger partial charge >= 0.3 is 0 Å². The van der Waals surface area contributed by atoms with Crippen molar-refractivity contribution in [3.63, 3.8) is 0 Å². The van der Waals surface area contributed by atoms with Gasteiger partial charge in [0.1, 0.15) is 0 Å². The first-order valence-corrected chi connectivity index (χ1v) is 7.34. The molecular weight excluding hydrogens is 248 g/mol. The van der Waals surface area contributed by atoms with E-state index in [1.54, 1.807) is 0 Å². The molecule has 0 bridgehead atoms. The van der Waals surface area contributed by atoms with E-state index in [1.165, 1.54) is 42.4 Å². The Morgan fingerprint density at radius 3 is 2.32 bits per heavy atom. The summed E-state index contributed by atoms with van der Waals surface area (Å²) in [5, 5.41) is 12.0. The van der Waals surface area contributed by atoms with Crippen LogP contribution in [0.4, 0.5) is 0 Å². The first-order valence-electron chi connectivity index (χ1n) is 6.46. The second-order valence-electron chi connectivity index (χ2n) is 5.04. The highest BCUT2D eigenvalue weighted by Crippen LogP contribution is 2.43. The molecule has 1 aromatic heterocycles. The maximum atomic E-state index is 2.28. The Kier molecular flexibility index (Phi) is 1.67. The molecule has 0 N–H and O–H groups in total. The fourth-order valence-corrected chi connectivity index (χ4v) is 4.34. The summed E-state index contributed by atoms with van der Waals surface area (Å²) in [6, 6.07) is 19.9. The summed E-state index contributed by atoms with van der Waals surface area (Å²) in [4.78, 5) is 0. The predicted octanol–water partition coefficient (Wildman–Crippen LogP) is 5.80. The van der Waals surface area contributed by atoms with Crippen LogP contribution < -0.4 is 0 Å². The van der Waals surface area contributed by atoms with Gasteiger partial charge in [-0.1, -0.05) is 54.6 Å². The Morgan fingerprint density at radius 1 is 0.579 bits per heavy atom. The average molecular weight is 258 g/mol. The molecule has 0 aliphatic heterocycles. The van der Waals surface area contributed by atoms with Crippen LogP contribution in [0.5, 0.6) is 0 Å². The average Bonchev–Trinajstić information content (AvgIpc) is 2.91. The summed E-state index contributed by atoms with van der Waals surface area (Å²) in [7, 11) is 0. The summed E-state index contributed by atoms with van der Waals surface area (Å²) < 4.78 is 1.43. The van der Waals surface area contributed by atoms with Crippen LogP contribution in [0.2, 0.25) is 0 Å². The number of fused-ring (bicyclic) bond motifs is 3. The smallest absolute Gasteiger partial charge is 0.0434 e. The van der Waals surface area contributed by atoms with E-state index in [2.05, 4.69) is 60.0 Å². The monoisotopic (exact) mass is 258 g/mol. The molecule has 0 radical (unpaired) electrons. The predicted molar refractivity (Wildman–Crippen MR) is 85.5 cm³/mol. The molecule has 0 amide bonds. The van der Waals surface area contributed by atoms with E-state index in [0.717, 1.165) is 0 Å². The van der Waals surface area contributed by atoms with Crippen LogP contribution in [0.15, 0.2) is 60.0 Å². The zero-order chi connectivity index (χ0) is 12.4. The van der Waals surface area contributed by atoms with Gasteiger partial charge in [-0.3, -0.25) is 0 Å². The molecule has 0 saturated carbocycles. The number of hydrogen-bond acceptors (Lipinski definition) is 1. The third-order valence-corrected chi connectivity index (χ3v) is 5.10. The van der Waals surface area contributed by atoms with Gasteiger partial charge in [-0.15, -0.1) is 11.3 Å². The molecule has 5 aromatic rings. The Hall–Kier alpha value is -2.12. The van der Waals surface area contributed by atoms with Crippen LogP contribution in [0.25, 0.3) is 42.4 Å². The lowest BCUT2D eigenvalue weighted by atomic mass is 9.94. The zero-order valence-electron chi connectivity index (χ0n) is 10.2. The number of thiophene rings is 1. The van der Waals surface area contributed by atoms with Crippen LogP contribution in [0.1, 0.15) is 0 Å². The lowest BCUT2D eigenvalue weighted by Gasteiger charge is -2.10. The molecule has 1 heterocycles. The fourth-order valence-electron chi connectivity index (χ4n) is 3.26. The van der Waals surface area contributed by atoms with Crippen molar-refractivity contribution < 1.29 is 0 Å². The Morgan fingerprint density at radius 2 is 1.37 bits per heavy atom. The molecule has 0 saturated heterocycles. The van der Waals surface area contributed by atoms with Gasteiger partial charge in [-0.05, 0) is 32.3 Å². The minimum absolute atomic E-state index is 1.35. The van der Waals surface area contributed by atoms with Crippen molar-refractivity contribution in [1.82, 2.24) is 0 Å². The first kappa shape index (κ1) is 9.76. The third kappa shape index (κ3) is 1.09. The largest absolute Gasteiger partial charge is 0.142 e. The summed E-state index contributed by atoms with van der Waals surface area (Å²) in [5.41, 5.74) is 0. The van der Waals surface area contributed by atoms with Gasteiger partial charge in [-0.2, -0.15) is 0 Å². The van der Waals surface area contributed by atoms with Crippen LogP contribution in [-0.2, 0) is 0 Å². The molecule has 0 unspecified atom stereocenters. The van der Waals surface area contributed by atoms with Crippen molar-refractivity contribution in [2.75, 3.05) is 0 Å². The fraction of sp³-hybridized carbons (Fsp3) is 0. The molecule has 0 aliphatic carbocycles. The highest BCUT2D eigenvalue weighted by atomic mass is 32.1. The molecule has 4 aromatic carbocycles. The summed E-state index contributed by atoms with van der Waals surface area (Å²) in [5.74, 6) is 0. The number of hydrogen-bond donors (Lipinski definition) is 0. The quantitative estimate of drug-likeness (QED) is 0.243. The first-order chi connectivity index (χ1) is 9.43. The van der Waals surface area contributed by atoms with E-state index in [1.807, 2.05) is 11.3 Å². The van der Waals surface area contributed by atoms with E-state index >= 15 is 0 Å². The molecule has 0 fully saturated rings. The zero-order valence-corrected chi connectivity index (χ0v) is 11.0. The third-order valence-electron chi connectivity index (χ3n) is 4.07. The van der Waals surface area contributed by atoms with E-state index in [9.17, 15) is 0 Å². The highest BCUT2D eigenvalue weighted by Gasteiger charge is 2.13. The van der Waals surface area contributed by atoms with Crippen LogP contribution in [0, 0.1) is 0 Å². The Bertz CT molecular complexity index is 1050. The highest BCUT2D eigenvalue weighted by molar-refractivity contribution is 7.19. The molecule has 19 heavy (non-hydrogen) atoms. The van der Waals surface area contributed by atoms with Gasteiger partial charge in [0.05, 0.1) is 0 Å². The molecule has 0 spiro atoms. The minimum Gasteiger partial charge on any atom is -0.142 e. The molecular formula is C18H10S. The van der Waals surface area contributed by atoms with Gasteiger partial charge < -0.3 is 0 Å². The Balaban J connectivity index is 2.34. The van der Waals surface area contributed by atoms with Gasteiger partial charge in [-0.25, -0.2) is 0 Å². The minimum atomic E-state index is 1.35. The molecule has 0 aliphatic rings. The SMILES string of the molecule is c1ccc2c(c1)c1cccc3ccc4csc2c4c31. The maximum Gasteiger partial charge on any atom is 0.0434 e. The van der Waals surface area contributed by atoms with Crippen molar-refractivity contribution in [3.8, 4) is 0 Å². The molecule has 1 heteroatoms. The van der Waals surface area contributed by atoms with E-state index in [0.29, 0.717) is 0 Å². The van der Waals surface area contributed by atoms with E-state index in [-0.39, 0.29) is 0 Å². The second kappa shape index (κ2) is 3.25. The standard InChI is InChI=1S/C18H10S/c1-2-6-15-13(5-1)14-7-3-4-11-8-9-12-10-19-18(15)17(12)16(11)14/h1-10H. The lowest BCUT2D eigenvalue weighted by molar-refractivity contribution is 1.82. The van der Waals surface area contributed by atoms with E-state index in [4.69, 9.17) is 0 Å². The molecule has 0 atom stereocenters. The van der Waals surface area contributed by atoms with Gasteiger partial charge in [0.25, 0.3) is 0 Å². The van der Waals surface area contributed by atoms with Crippen molar-refractivity contribution in [1.29, 1.82) is 0 Å². The number of benzene rings is 4. The summed E-state index contributed by atoms with van der Waals surface area (Å²) in [6.07, 6.45) is 0. The van der Waals surface area contributed by atoms with Crippen LogP contribution >= 0.6 is 11.3 Å². The van der Waals surface area contributed by atoms with Gasteiger partial charge in [0.2, 0.25) is 0 Å². The van der Waals surface area contributed by atoms with Gasteiger partial charge in [0.15, 0.2) is 0 Å². The van der Waals surface area contributed by atoms with Crippen LogP contribution in [0.3, 0.4) is 0 Å². The van der Waals surface area contributed by atoms with Crippen LogP contribution in [-0.4, -0.2) is 0 Å². The van der Waals surface area contributed by atoms with Crippen molar-refractivity contribution in [2.24, 2.45) is 0 Å². The second-order valence-corrected chi connectivity index (χ2v) is 5.92. The molecule has 5 rings (SSSR count). The summed E-state index contributed by atoms with van der Waals surface area (Å²) >= 11 is 1.86. The normalized spacial score (nSPS) is 12.2. The van der Waals surface area contributed by atoms with Gasteiger partial charge in [0, 0.05) is 15.5 Å². The Labute approximate surface area is 114 Å². The van der Waals surface area contributed by atoms with E-state index < -0.39 is 0 Å². The molecule has 0 nitrogen and oxygen atoms in total. The van der Waals surface area contributed by atoms with Crippen molar-refractivity contribution in [2.45, 2.75) is 0 Å². The topological polar surface area (TPSA) is 0 Å². The maximum absolute atomic E-state index is 2.28. The molecule has 88 valence electrons.